The van der Waals surface area contributed by atoms with Gasteiger partial charge in [0.15, 0.2) is 0 Å². The molecule has 13 heavy (non-hydrogen) atoms. The molecule has 0 bridgehead atoms. The minimum absolute atomic E-state index is 0.468. The van der Waals surface area contributed by atoms with Gasteiger partial charge in [0.25, 0.3) is 0 Å². The Morgan fingerprint density at radius 2 is 1.62 bits per heavy atom. The molecule has 74 valence electrons. The Balaban J connectivity index is 1.51. The summed E-state index contributed by atoms with van der Waals surface area (Å²) >= 11 is 0. The third-order valence-corrected chi connectivity index (χ3v) is 3.71. The van der Waals surface area contributed by atoms with E-state index in [4.69, 9.17) is 5.73 Å². The lowest BCUT2D eigenvalue weighted by Gasteiger charge is -2.41. The van der Waals surface area contributed by atoms with E-state index in [0.717, 1.165) is 25.2 Å². The van der Waals surface area contributed by atoms with E-state index in [1.165, 1.54) is 32.4 Å². The van der Waals surface area contributed by atoms with Gasteiger partial charge in [0, 0.05) is 44.3 Å². The van der Waals surface area contributed by atoms with Crippen LogP contribution in [0.5, 0.6) is 0 Å². The minimum Gasteiger partial charge on any atom is -0.325 e. The van der Waals surface area contributed by atoms with Crippen molar-refractivity contribution in [3.63, 3.8) is 0 Å². The number of hydrogen-bond acceptors (Lipinski definition) is 3. The molecule has 0 aromatic heterocycles. The maximum Gasteiger partial charge on any atom is 0.0297 e. The zero-order valence-corrected chi connectivity index (χ0v) is 8.15. The van der Waals surface area contributed by atoms with E-state index < -0.39 is 0 Å². The second-order valence-electron chi connectivity index (χ2n) is 4.88. The zero-order valence-electron chi connectivity index (χ0n) is 8.15. The molecule has 2 heterocycles. The largest absolute Gasteiger partial charge is 0.325 e. The highest BCUT2D eigenvalue weighted by molar-refractivity contribution is 4.96. The predicted molar refractivity (Wildman–Crippen MR) is 52.5 cm³/mol. The van der Waals surface area contributed by atoms with Crippen molar-refractivity contribution >= 4 is 0 Å². The van der Waals surface area contributed by atoms with Crippen molar-refractivity contribution in [2.75, 3.05) is 26.2 Å². The normalized spacial score (nSPS) is 38.1. The molecule has 0 spiro atoms. The first-order valence-corrected chi connectivity index (χ1v) is 5.56. The number of rotatable bonds is 2. The third kappa shape index (κ3) is 1.49. The Hall–Kier alpha value is -0.120. The van der Waals surface area contributed by atoms with E-state index in [-0.39, 0.29) is 0 Å². The molecular formula is C10H19N3. The maximum absolute atomic E-state index is 5.79. The summed E-state index contributed by atoms with van der Waals surface area (Å²) in [5.41, 5.74) is 5.79. The third-order valence-electron chi connectivity index (χ3n) is 3.71. The Labute approximate surface area is 79.9 Å². The Morgan fingerprint density at radius 1 is 0.846 bits per heavy atom. The number of nitrogens with two attached hydrogens (primary N) is 1. The van der Waals surface area contributed by atoms with Gasteiger partial charge in [-0.05, 0) is 19.3 Å². The van der Waals surface area contributed by atoms with Crippen LogP contribution in [0.25, 0.3) is 0 Å². The summed E-state index contributed by atoms with van der Waals surface area (Å²) in [4.78, 5) is 5.24. The predicted octanol–water partition coefficient (Wildman–Crippen LogP) is -0.134. The van der Waals surface area contributed by atoms with E-state index in [9.17, 15) is 0 Å². The lowest BCUT2D eigenvalue weighted by Crippen LogP contribution is -2.59. The molecule has 2 N–H and O–H groups in total. The van der Waals surface area contributed by atoms with Crippen molar-refractivity contribution in [1.29, 1.82) is 0 Å². The van der Waals surface area contributed by atoms with Gasteiger partial charge in [-0.2, -0.15) is 0 Å². The Kier molecular flexibility index (Phi) is 1.86. The van der Waals surface area contributed by atoms with Crippen LogP contribution < -0.4 is 5.73 Å². The Morgan fingerprint density at radius 3 is 2.23 bits per heavy atom. The average Bonchev–Trinajstić information content (AvgIpc) is 2.80. The van der Waals surface area contributed by atoms with Crippen LogP contribution in [0.3, 0.4) is 0 Å². The van der Waals surface area contributed by atoms with Crippen molar-refractivity contribution in [2.24, 2.45) is 5.73 Å². The smallest absolute Gasteiger partial charge is 0.0297 e. The van der Waals surface area contributed by atoms with Crippen molar-refractivity contribution in [3.8, 4) is 0 Å². The van der Waals surface area contributed by atoms with Crippen LogP contribution in [-0.4, -0.2) is 54.1 Å². The molecule has 3 fully saturated rings. The SMILES string of the molecule is NC1CN(C2CCN(C3CC3)C2)C1. The van der Waals surface area contributed by atoms with Gasteiger partial charge in [-0.1, -0.05) is 0 Å². The average molecular weight is 181 g/mol. The highest BCUT2D eigenvalue weighted by Gasteiger charge is 2.39. The molecule has 0 radical (unpaired) electrons. The van der Waals surface area contributed by atoms with Gasteiger partial charge < -0.3 is 5.73 Å². The second kappa shape index (κ2) is 2.94. The minimum atomic E-state index is 0.468. The van der Waals surface area contributed by atoms with Crippen molar-refractivity contribution < 1.29 is 0 Å². The van der Waals surface area contributed by atoms with Gasteiger partial charge in [-0.3, -0.25) is 9.80 Å². The molecule has 2 saturated heterocycles. The molecule has 0 aromatic rings. The van der Waals surface area contributed by atoms with Crippen LogP contribution in [0, 0.1) is 0 Å². The summed E-state index contributed by atoms with van der Waals surface area (Å²) in [6.45, 7) is 4.94. The molecule has 0 amide bonds. The molecule has 2 aliphatic heterocycles. The van der Waals surface area contributed by atoms with Crippen molar-refractivity contribution in [1.82, 2.24) is 9.80 Å². The molecule has 1 atom stereocenters. The highest BCUT2D eigenvalue weighted by atomic mass is 15.3. The molecule has 3 rings (SSSR count). The van der Waals surface area contributed by atoms with Gasteiger partial charge in [-0.25, -0.2) is 0 Å². The summed E-state index contributed by atoms with van der Waals surface area (Å²) in [7, 11) is 0. The first-order valence-electron chi connectivity index (χ1n) is 5.56. The van der Waals surface area contributed by atoms with E-state index in [1.54, 1.807) is 0 Å². The van der Waals surface area contributed by atoms with E-state index in [1.807, 2.05) is 0 Å². The van der Waals surface area contributed by atoms with Crippen LogP contribution in [0.15, 0.2) is 0 Å². The first-order chi connectivity index (χ1) is 6.33. The van der Waals surface area contributed by atoms with Crippen LogP contribution in [0.1, 0.15) is 19.3 Å². The van der Waals surface area contributed by atoms with Crippen molar-refractivity contribution in [3.05, 3.63) is 0 Å². The summed E-state index contributed by atoms with van der Waals surface area (Å²) in [5.74, 6) is 0. The van der Waals surface area contributed by atoms with E-state index in [2.05, 4.69) is 9.80 Å². The number of hydrogen-bond donors (Lipinski definition) is 1. The fourth-order valence-electron chi connectivity index (χ4n) is 2.68. The fraction of sp³-hybridized carbons (Fsp3) is 1.00. The monoisotopic (exact) mass is 181 g/mol. The molecule has 1 saturated carbocycles. The zero-order chi connectivity index (χ0) is 8.84. The van der Waals surface area contributed by atoms with Crippen LogP contribution in [-0.2, 0) is 0 Å². The summed E-state index contributed by atoms with van der Waals surface area (Å²) in [6, 6.07) is 2.26. The topological polar surface area (TPSA) is 32.5 Å². The lowest BCUT2D eigenvalue weighted by molar-refractivity contribution is 0.0960. The second-order valence-corrected chi connectivity index (χ2v) is 4.88. The fourth-order valence-corrected chi connectivity index (χ4v) is 2.68. The standard InChI is InChI=1S/C10H19N3/c11-8-5-13(6-8)10-3-4-12(7-10)9-1-2-9/h8-10H,1-7,11H2. The van der Waals surface area contributed by atoms with E-state index in [0.29, 0.717) is 6.04 Å². The molecule has 1 aliphatic carbocycles. The first kappa shape index (κ1) is 8.21. The molecule has 3 nitrogen and oxygen atoms in total. The van der Waals surface area contributed by atoms with Crippen LogP contribution in [0.4, 0.5) is 0 Å². The summed E-state index contributed by atoms with van der Waals surface area (Å²) in [5, 5.41) is 0. The van der Waals surface area contributed by atoms with Gasteiger partial charge in [0.1, 0.15) is 0 Å². The lowest BCUT2D eigenvalue weighted by atomic mass is 10.1. The molecule has 3 heteroatoms. The van der Waals surface area contributed by atoms with Crippen molar-refractivity contribution in [2.45, 2.75) is 37.4 Å². The summed E-state index contributed by atoms with van der Waals surface area (Å²) in [6.07, 6.45) is 4.28. The van der Waals surface area contributed by atoms with Crippen LogP contribution in [0.2, 0.25) is 0 Å². The quantitative estimate of drug-likeness (QED) is 0.644. The van der Waals surface area contributed by atoms with Gasteiger partial charge in [0.05, 0.1) is 0 Å². The Bertz CT molecular complexity index is 196. The van der Waals surface area contributed by atoms with E-state index >= 15 is 0 Å². The van der Waals surface area contributed by atoms with Gasteiger partial charge >= 0.3 is 0 Å². The maximum atomic E-state index is 5.79. The molecule has 0 aromatic carbocycles. The highest BCUT2D eigenvalue weighted by Crippen LogP contribution is 2.31. The number of nitrogens with zero attached hydrogens (tertiary/aromatic N) is 2. The van der Waals surface area contributed by atoms with Crippen LogP contribution >= 0.6 is 0 Å². The summed E-state index contributed by atoms with van der Waals surface area (Å²) < 4.78 is 0. The van der Waals surface area contributed by atoms with Gasteiger partial charge in [0.2, 0.25) is 0 Å². The molecule has 1 unspecified atom stereocenters. The molecule has 3 aliphatic rings. The van der Waals surface area contributed by atoms with Gasteiger partial charge in [-0.15, -0.1) is 0 Å². The molecular weight excluding hydrogens is 162 g/mol. The number of likely N-dealkylation sites (tertiary alicyclic amines) is 2.